The summed E-state index contributed by atoms with van der Waals surface area (Å²) >= 11 is 0. The number of hydrogen-bond donors (Lipinski definition) is 1. The highest BCUT2D eigenvalue weighted by Crippen LogP contribution is 2.16. The van der Waals surface area contributed by atoms with Crippen LogP contribution >= 0.6 is 0 Å². The van der Waals surface area contributed by atoms with E-state index in [1.165, 1.54) is 7.11 Å². The van der Waals surface area contributed by atoms with Crippen molar-refractivity contribution < 1.29 is 14.3 Å². The minimum Gasteiger partial charge on any atom is -0.453 e. The van der Waals surface area contributed by atoms with E-state index in [4.69, 9.17) is 0 Å². The lowest BCUT2D eigenvalue weighted by atomic mass is 10.1. The molecule has 1 saturated heterocycles. The largest absolute Gasteiger partial charge is 0.453 e. The maximum absolute atomic E-state index is 11.2. The molecule has 5 nitrogen and oxygen atoms in total. The van der Waals surface area contributed by atoms with Crippen LogP contribution in [0, 0.1) is 5.92 Å². The first-order valence-corrected chi connectivity index (χ1v) is 4.23. The topological polar surface area (TPSA) is 58.6 Å². The molecule has 13 heavy (non-hydrogen) atoms. The molecule has 1 N–H and O–H groups in total. The van der Waals surface area contributed by atoms with Gasteiger partial charge in [0.25, 0.3) is 0 Å². The summed E-state index contributed by atoms with van der Waals surface area (Å²) in [6.45, 7) is 1.07. The van der Waals surface area contributed by atoms with Crippen LogP contribution in [0.15, 0.2) is 0 Å². The van der Waals surface area contributed by atoms with Gasteiger partial charge < -0.3 is 15.0 Å². The Morgan fingerprint density at radius 2 is 2.23 bits per heavy atom. The van der Waals surface area contributed by atoms with Gasteiger partial charge in [-0.2, -0.15) is 0 Å². The van der Waals surface area contributed by atoms with Gasteiger partial charge in [-0.25, -0.2) is 4.79 Å². The highest BCUT2D eigenvalue weighted by molar-refractivity contribution is 5.80. The molecule has 1 atom stereocenters. The zero-order chi connectivity index (χ0) is 9.84. The fraction of sp³-hybridized carbons (Fsp3) is 0.750. The molecule has 1 rings (SSSR count). The molecule has 5 heteroatoms. The van der Waals surface area contributed by atoms with Crippen molar-refractivity contribution in [3.63, 3.8) is 0 Å². The zero-order valence-corrected chi connectivity index (χ0v) is 7.87. The van der Waals surface area contributed by atoms with Crippen LogP contribution in [0.3, 0.4) is 0 Å². The van der Waals surface area contributed by atoms with Gasteiger partial charge in [-0.1, -0.05) is 0 Å². The van der Waals surface area contributed by atoms with Gasteiger partial charge in [0.1, 0.15) is 0 Å². The number of nitrogens with one attached hydrogen (secondary N) is 1. The van der Waals surface area contributed by atoms with Crippen LogP contribution in [0.25, 0.3) is 0 Å². The number of rotatable bonds is 1. The standard InChI is InChI=1S/C8H14N2O3/c1-9-7(11)6-3-4-10(5-6)8(12)13-2/h6H,3-5H2,1-2H3,(H,9,11)/t6-/m0/s1. The minimum absolute atomic E-state index is 0.00796. The summed E-state index contributed by atoms with van der Waals surface area (Å²) in [5.74, 6) is -0.0875. The summed E-state index contributed by atoms with van der Waals surface area (Å²) in [5.41, 5.74) is 0. The van der Waals surface area contributed by atoms with Gasteiger partial charge in [0.2, 0.25) is 5.91 Å². The molecule has 0 aromatic carbocycles. The second-order valence-corrected chi connectivity index (χ2v) is 3.02. The zero-order valence-electron chi connectivity index (χ0n) is 7.87. The minimum atomic E-state index is -0.355. The first kappa shape index (κ1) is 9.83. The smallest absolute Gasteiger partial charge is 0.409 e. The SMILES string of the molecule is CNC(=O)[C@H]1CCN(C(=O)OC)C1. The summed E-state index contributed by atoms with van der Waals surface area (Å²) < 4.78 is 4.55. The third kappa shape index (κ3) is 2.11. The number of methoxy groups -OCH3 is 1. The second kappa shape index (κ2) is 4.11. The average Bonchev–Trinajstić information content (AvgIpc) is 2.64. The number of carbonyl (C=O) groups is 2. The molecule has 0 aromatic rings. The van der Waals surface area contributed by atoms with Crippen LogP contribution in [0.1, 0.15) is 6.42 Å². The van der Waals surface area contributed by atoms with Crippen molar-refractivity contribution >= 4 is 12.0 Å². The Morgan fingerprint density at radius 3 is 2.77 bits per heavy atom. The fourth-order valence-corrected chi connectivity index (χ4v) is 1.47. The molecule has 0 saturated carbocycles. The first-order chi connectivity index (χ1) is 6.19. The molecule has 74 valence electrons. The van der Waals surface area contributed by atoms with Gasteiger partial charge >= 0.3 is 6.09 Å². The predicted molar refractivity (Wildman–Crippen MR) is 46.2 cm³/mol. The molecule has 1 fully saturated rings. The van der Waals surface area contributed by atoms with E-state index in [0.717, 1.165) is 6.42 Å². The molecular formula is C8H14N2O3. The van der Waals surface area contributed by atoms with Crippen molar-refractivity contribution in [3.05, 3.63) is 0 Å². The molecule has 1 aliphatic heterocycles. The fourth-order valence-electron chi connectivity index (χ4n) is 1.47. The maximum atomic E-state index is 11.2. The Kier molecular flexibility index (Phi) is 3.11. The van der Waals surface area contributed by atoms with Crippen LogP contribution in [0.5, 0.6) is 0 Å². The van der Waals surface area contributed by atoms with Crippen LogP contribution in [-0.4, -0.2) is 44.1 Å². The summed E-state index contributed by atoms with van der Waals surface area (Å²) in [6.07, 6.45) is 0.362. The first-order valence-electron chi connectivity index (χ1n) is 4.23. The highest BCUT2D eigenvalue weighted by atomic mass is 16.5. The lowest BCUT2D eigenvalue weighted by Crippen LogP contribution is -2.32. The van der Waals surface area contributed by atoms with Gasteiger partial charge in [-0.05, 0) is 6.42 Å². The van der Waals surface area contributed by atoms with Gasteiger partial charge in [0.15, 0.2) is 0 Å². The molecule has 1 heterocycles. The van der Waals surface area contributed by atoms with Crippen molar-refractivity contribution in [2.24, 2.45) is 5.92 Å². The maximum Gasteiger partial charge on any atom is 0.409 e. The normalized spacial score (nSPS) is 21.4. The number of likely N-dealkylation sites (tertiary alicyclic amines) is 1. The number of nitrogens with zero attached hydrogens (tertiary/aromatic N) is 1. The average molecular weight is 186 g/mol. The molecule has 0 aliphatic carbocycles. The third-order valence-electron chi connectivity index (χ3n) is 2.24. The second-order valence-electron chi connectivity index (χ2n) is 3.02. The van der Waals surface area contributed by atoms with Gasteiger partial charge in [0, 0.05) is 20.1 Å². The summed E-state index contributed by atoms with van der Waals surface area (Å²) in [4.78, 5) is 23.8. The van der Waals surface area contributed by atoms with Crippen LogP contribution in [0.2, 0.25) is 0 Å². The Hall–Kier alpha value is -1.26. The van der Waals surface area contributed by atoms with Crippen LogP contribution in [-0.2, 0) is 9.53 Å². The Labute approximate surface area is 77.0 Å². The van der Waals surface area contributed by atoms with Gasteiger partial charge in [-0.15, -0.1) is 0 Å². The van der Waals surface area contributed by atoms with Gasteiger partial charge in [0.05, 0.1) is 13.0 Å². The van der Waals surface area contributed by atoms with Crippen LogP contribution < -0.4 is 5.32 Å². The quantitative estimate of drug-likeness (QED) is 0.618. The molecular weight excluding hydrogens is 172 g/mol. The molecule has 0 bridgehead atoms. The van der Waals surface area contributed by atoms with Crippen molar-refractivity contribution in [1.82, 2.24) is 10.2 Å². The van der Waals surface area contributed by atoms with E-state index < -0.39 is 0 Å². The van der Waals surface area contributed by atoms with Crippen molar-refractivity contribution in [2.45, 2.75) is 6.42 Å². The van der Waals surface area contributed by atoms with Crippen molar-refractivity contribution in [2.75, 3.05) is 27.2 Å². The van der Waals surface area contributed by atoms with E-state index in [9.17, 15) is 9.59 Å². The summed E-state index contributed by atoms with van der Waals surface area (Å²) in [6, 6.07) is 0. The molecule has 0 radical (unpaired) electrons. The monoisotopic (exact) mass is 186 g/mol. The van der Waals surface area contributed by atoms with E-state index in [1.807, 2.05) is 0 Å². The van der Waals surface area contributed by atoms with E-state index in [0.29, 0.717) is 13.1 Å². The number of hydrogen-bond acceptors (Lipinski definition) is 3. The Morgan fingerprint density at radius 1 is 1.54 bits per heavy atom. The van der Waals surface area contributed by atoms with Gasteiger partial charge in [-0.3, -0.25) is 4.79 Å². The number of carbonyl (C=O) groups excluding carboxylic acids is 2. The molecule has 1 aliphatic rings. The summed E-state index contributed by atoms with van der Waals surface area (Å²) in [5, 5.41) is 2.57. The van der Waals surface area contributed by atoms with E-state index >= 15 is 0 Å². The molecule has 0 spiro atoms. The number of amides is 2. The van der Waals surface area contributed by atoms with Crippen molar-refractivity contribution in [1.29, 1.82) is 0 Å². The van der Waals surface area contributed by atoms with E-state index in [2.05, 4.69) is 10.1 Å². The number of ether oxygens (including phenoxy) is 1. The molecule has 0 unspecified atom stereocenters. The third-order valence-corrected chi connectivity index (χ3v) is 2.24. The molecule has 0 aromatic heterocycles. The van der Waals surface area contributed by atoms with Crippen LogP contribution in [0.4, 0.5) is 4.79 Å². The Bertz CT molecular complexity index is 195. The lowest BCUT2D eigenvalue weighted by Gasteiger charge is -2.13. The predicted octanol–water partition coefficient (Wildman–Crippen LogP) is -0.179. The van der Waals surface area contributed by atoms with Crippen molar-refractivity contribution in [3.8, 4) is 0 Å². The van der Waals surface area contributed by atoms with E-state index in [1.54, 1.807) is 11.9 Å². The molecule has 2 amide bonds. The lowest BCUT2D eigenvalue weighted by molar-refractivity contribution is -0.124. The Balaban J connectivity index is 2.44. The highest BCUT2D eigenvalue weighted by Gasteiger charge is 2.30. The summed E-state index contributed by atoms with van der Waals surface area (Å²) in [7, 11) is 2.94. The van der Waals surface area contributed by atoms with E-state index in [-0.39, 0.29) is 17.9 Å².